The monoisotopic (exact) mass is 272 g/mol. The molecule has 1 aromatic heterocycles. The molecule has 1 aromatic carbocycles. The lowest BCUT2D eigenvalue weighted by atomic mass is 10.2. The van der Waals surface area contributed by atoms with Crippen LogP contribution in [0.4, 0.5) is 0 Å². The number of hydrogen-bond donors (Lipinski definition) is 1. The molecule has 4 heteroatoms. The zero-order valence-electron chi connectivity index (χ0n) is 7.58. The number of halogens is 1. The Kier molecular flexibility index (Phi) is 2.65. The molecule has 14 heavy (non-hydrogen) atoms. The standard InChI is InChI=1S/C10H9BrO2S/c1-2-13-8-4-3-7(11)10-6(8)5-9(12)14-10/h3-5,12H,2H2,1H3. The molecule has 0 aliphatic carbocycles. The summed E-state index contributed by atoms with van der Waals surface area (Å²) in [4.78, 5) is 0. The maximum absolute atomic E-state index is 9.42. The third kappa shape index (κ3) is 1.60. The zero-order valence-corrected chi connectivity index (χ0v) is 9.98. The van der Waals surface area contributed by atoms with Crippen LogP contribution in [0.1, 0.15) is 6.92 Å². The first kappa shape index (κ1) is 9.80. The van der Waals surface area contributed by atoms with Crippen molar-refractivity contribution in [2.45, 2.75) is 6.92 Å². The fourth-order valence-corrected chi connectivity index (χ4v) is 2.74. The Morgan fingerprint density at radius 2 is 2.29 bits per heavy atom. The Morgan fingerprint density at radius 1 is 1.50 bits per heavy atom. The normalized spacial score (nSPS) is 10.7. The van der Waals surface area contributed by atoms with Crippen LogP contribution in [0, 0.1) is 0 Å². The van der Waals surface area contributed by atoms with Crippen LogP contribution in [0.5, 0.6) is 10.8 Å². The van der Waals surface area contributed by atoms with E-state index in [4.69, 9.17) is 4.74 Å². The van der Waals surface area contributed by atoms with Crippen molar-refractivity contribution in [1.29, 1.82) is 0 Å². The van der Waals surface area contributed by atoms with Crippen molar-refractivity contribution in [2.75, 3.05) is 6.61 Å². The number of thiophene rings is 1. The van der Waals surface area contributed by atoms with E-state index in [0.717, 1.165) is 20.3 Å². The molecule has 0 spiro atoms. The van der Waals surface area contributed by atoms with E-state index in [1.165, 1.54) is 11.3 Å². The van der Waals surface area contributed by atoms with Crippen molar-refractivity contribution in [3.63, 3.8) is 0 Å². The average molecular weight is 273 g/mol. The van der Waals surface area contributed by atoms with Crippen LogP contribution in [-0.2, 0) is 0 Å². The molecule has 0 aliphatic heterocycles. The van der Waals surface area contributed by atoms with E-state index in [1.807, 2.05) is 19.1 Å². The van der Waals surface area contributed by atoms with Gasteiger partial charge in [0.25, 0.3) is 0 Å². The molecule has 0 atom stereocenters. The largest absolute Gasteiger partial charge is 0.499 e. The first-order chi connectivity index (χ1) is 6.72. The predicted molar refractivity (Wildman–Crippen MR) is 62.4 cm³/mol. The van der Waals surface area contributed by atoms with E-state index in [1.54, 1.807) is 6.07 Å². The van der Waals surface area contributed by atoms with Gasteiger partial charge in [-0.05, 0) is 35.0 Å². The van der Waals surface area contributed by atoms with E-state index < -0.39 is 0 Å². The number of benzene rings is 1. The zero-order chi connectivity index (χ0) is 10.1. The summed E-state index contributed by atoms with van der Waals surface area (Å²) in [5.41, 5.74) is 0. The summed E-state index contributed by atoms with van der Waals surface area (Å²) >= 11 is 4.79. The number of aromatic hydroxyl groups is 1. The van der Waals surface area contributed by atoms with Crippen molar-refractivity contribution >= 4 is 37.4 Å². The fourth-order valence-electron chi connectivity index (χ4n) is 1.33. The SMILES string of the molecule is CCOc1ccc(Br)c2sc(O)cc12. The first-order valence-electron chi connectivity index (χ1n) is 4.26. The molecule has 0 saturated carbocycles. The third-order valence-electron chi connectivity index (χ3n) is 1.88. The summed E-state index contributed by atoms with van der Waals surface area (Å²) in [5.74, 6) is 0.822. The van der Waals surface area contributed by atoms with Gasteiger partial charge in [0.1, 0.15) is 5.75 Å². The highest BCUT2D eigenvalue weighted by atomic mass is 79.9. The summed E-state index contributed by atoms with van der Waals surface area (Å²) in [6, 6.07) is 5.57. The van der Waals surface area contributed by atoms with Gasteiger partial charge in [-0.25, -0.2) is 0 Å². The van der Waals surface area contributed by atoms with Gasteiger partial charge in [-0.1, -0.05) is 11.3 Å². The van der Waals surface area contributed by atoms with Gasteiger partial charge in [0.15, 0.2) is 5.06 Å². The minimum absolute atomic E-state index is 0.313. The van der Waals surface area contributed by atoms with Gasteiger partial charge < -0.3 is 9.84 Å². The topological polar surface area (TPSA) is 29.5 Å². The lowest BCUT2D eigenvalue weighted by Crippen LogP contribution is -1.91. The summed E-state index contributed by atoms with van der Waals surface area (Å²) in [7, 11) is 0. The first-order valence-corrected chi connectivity index (χ1v) is 5.87. The molecule has 0 aliphatic rings. The molecule has 74 valence electrons. The summed E-state index contributed by atoms with van der Waals surface area (Å²) in [5, 5.41) is 10.7. The van der Waals surface area contributed by atoms with Crippen LogP contribution >= 0.6 is 27.3 Å². The van der Waals surface area contributed by atoms with Gasteiger partial charge in [-0.15, -0.1) is 0 Å². The Bertz CT molecular complexity index is 464. The maximum Gasteiger partial charge on any atom is 0.172 e. The van der Waals surface area contributed by atoms with Gasteiger partial charge in [0.2, 0.25) is 0 Å². The minimum Gasteiger partial charge on any atom is -0.499 e. The van der Waals surface area contributed by atoms with Gasteiger partial charge in [0, 0.05) is 15.9 Å². The Morgan fingerprint density at radius 3 is 3.00 bits per heavy atom. The predicted octanol–water partition coefficient (Wildman–Crippen LogP) is 3.77. The molecule has 0 fully saturated rings. The molecular formula is C10H9BrO2S. The van der Waals surface area contributed by atoms with Crippen molar-refractivity contribution in [1.82, 2.24) is 0 Å². The van der Waals surface area contributed by atoms with E-state index in [2.05, 4.69) is 15.9 Å². The van der Waals surface area contributed by atoms with Crippen LogP contribution in [0.15, 0.2) is 22.7 Å². The van der Waals surface area contributed by atoms with E-state index in [-0.39, 0.29) is 0 Å². The minimum atomic E-state index is 0.313. The van der Waals surface area contributed by atoms with Crippen LogP contribution in [-0.4, -0.2) is 11.7 Å². The lowest BCUT2D eigenvalue weighted by molar-refractivity contribution is 0.344. The highest BCUT2D eigenvalue weighted by molar-refractivity contribution is 9.10. The van der Waals surface area contributed by atoms with Gasteiger partial charge in [-0.3, -0.25) is 0 Å². The number of ether oxygens (including phenoxy) is 1. The van der Waals surface area contributed by atoms with E-state index in [0.29, 0.717) is 11.7 Å². The molecule has 2 rings (SSSR count). The molecule has 0 radical (unpaired) electrons. The van der Waals surface area contributed by atoms with E-state index in [9.17, 15) is 5.11 Å². The highest BCUT2D eigenvalue weighted by Crippen LogP contribution is 2.40. The van der Waals surface area contributed by atoms with Gasteiger partial charge >= 0.3 is 0 Å². The number of rotatable bonds is 2. The van der Waals surface area contributed by atoms with Crippen molar-refractivity contribution < 1.29 is 9.84 Å². The van der Waals surface area contributed by atoms with Crippen molar-refractivity contribution in [3.8, 4) is 10.8 Å². The summed E-state index contributed by atoms with van der Waals surface area (Å²) < 4.78 is 7.47. The smallest absolute Gasteiger partial charge is 0.172 e. The molecular weight excluding hydrogens is 264 g/mol. The Balaban J connectivity index is 2.68. The molecule has 0 saturated heterocycles. The van der Waals surface area contributed by atoms with Crippen LogP contribution < -0.4 is 4.74 Å². The Labute approximate surface area is 94.3 Å². The van der Waals surface area contributed by atoms with Crippen molar-refractivity contribution in [2.24, 2.45) is 0 Å². The lowest BCUT2D eigenvalue weighted by Gasteiger charge is -2.04. The summed E-state index contributed by atoms with van der Waals surface area (Å²) in [6.07, 6.45) is 0. The number of hydrogen-bond acceptors (Lipinski definition) is 3. The summed E-state index contributed by atoms with van der Waals surface area (Å²) in [6.45, 7) is 2.58. The molecule has 1 N–H and O–H groups in total. The second kappa shape index (κ2) is 3.79. The molecule has 1 heterocycles. The average Bonchev–Trinajstić information content (AvgIpc) is 2.53. The quantitative estimate of drug-likeness (QED) is 0.902. The van der Waals surface area contributed by atoms with Gasteiger partial charge in [-0.2, -0.15) is 0 Å². The van der Waals surface area contributed by atoms with E-state index >= 15 is 0 Å². The molecule has 2 aromatic rings. The maximum atomic E-state index is 9.42. The van der Waals surface area contributed by atoms with Gasteiger partial charge in [0.05, 0.1) is 11.3 Å². The second-order valence-corrected chi connectivity index (χ2v) is 4.69. The fraction of sp³-hybridized carbons (Fsp3) is 0.200. The second-order valence-electron chi connectivity index (χ2n) is 2.81. The molecule has 0 unspecified atom stereocenters. The molecule has 2 nitrogen and oxygen atoms in total. The van der Waals surface area contributed by atoms with Crippen molar-refractivity contribution in [3.05, 3.63) is 22.7 Å². The Hall–Kier alpha value is -0.740. The third-order valence-corrected chi connectivity index (χ3v) is 3.78. The van der Waals surface area contributed by atoms with Crippen LogP contribution in [0.3, 0.4) is 0 Å². The van der Waals surface area contributed by atoms with Crippen LogP contribution in [0.2, 0.25) is 0 Å². The molecule has 0 amide bonds. The highest BCUT2D eigenvalue weighted by Gasteiger charge is 2.09. The molecule has 0 bridgehead atoms. The van der Waals surface area contributed by atoms with Crippen LogP contribution in [0.25, 0.3) is 10.1 Å². The number of fused-ring (bicyclic) bond motifs is 1.